The smallest absolute Gasteiger partial charge is 0.308 e. The number of ether oxygens (including phenoxy) is 2. The molecule has 0 radical (unpaired) electrons. The Kier molecular flexibility index (Phi) is 3.92. The zero-order valence-corrected chi connectivity index (χ0v) is 9.11. The summed E-state index contributed by atoms with van der Waals surface area (Å²) in [7, 11) is 1.61. The minimum absolute atomic E-state index is 0.320. The summed E-state index contributed by atoms with van der Waals surface area (Å²) in [5.41, 5.74) is 0.855. The average molecular weight is 206 g/mol. The zero-order chi connectivity index (χ0) is 11.3. The van der Waals surface area contributed by atoms with E-state index in [-0.39, 0.29) is 5.97 Å². The van der Waals surface area contributed by atoms with Crippen molar-refractivity contribution in [3.63, 3.8) is 0 Å². The monoisotopic (exact) mass is 206 g/mol. The van der Waals surface area contributed by atoms with Gasteiger partial charge in [0, 0.05) is 12.5 Å². The van der Waals surface area contributed by atoms with E-state index >= 15 is 0 Å². The summed E-state index contributed by atoms with van der Waals surface area (Å²) >= 11 is 0. The Morgan fingerprint density at radius 3 is 2.27 bits per heavy atom. The van der Waals surface area contributed by atoms with Crippen LogP contribution in [0.25, 0.3) is 5.76 Å². The van der Waals surface area contributed by atoms with Gasteiger partial charge in [-0.3, -0.25) is 4.79 Å². The fourth-order valence-corrected chi connectivity index (χ4v) is 1.19. The third-order valence-corrected chi connectivity index (χ3v) is 1.89. The van der Waals surface area contributed by atoms with Crippen LogP contribution in [0.1, 0.15) is 19.4 Å². The van der Waals surface area contributed by atoms with Crippen molar-refractivity contribution in [2.75, 3.05) is 7.11 Å². The second-order valence-corrected chi connectivity index (χ2v) is 2.98. The number of rotatable bonds is 3. The van der Waals surface area contributed by atoms with Crippen LogP contribution in [0.2, 0.25) is 0 Å². The van der Waals surface area contributed by atoms with Crippen molar-refractivity contribution >= 4 is 11.7 Å². The molecule has 1 aromatic rings. The van der Waals surface area contributed by atoms with Crippen LogP contribution in [0.5, 0.6) is 5.75 Å². The molecule has 3 heteroatoms. The van der Waals surface area contributed by atoms with Crippen molar-refractivity contribution in [1.82, 2.24) is 0 Å². The van der Waals surface area contributed by atoms with Crippen molar-refractivity contribution in [3.05, 3.63) is 35.9 Å². The molecule has 0 bridgehead atoms. The van der Waals surface area contributed by atoms with Gasteiger partial charge in [0.15, 0.2) is 0 Å². The molecule has 0 aliphatic rings. The van der Waals surface area contributed by atoms with Crippen LogP contribution in [0, 0.1) is 0 Å². The van der Waals surface area contributed by atoms with Gasteiger partial charge in [-0.15, -0.1) is 0 Å². The first kappa shape index (κ1) is 11.3. The van der Waals surface area contributed by atoms with Crippen molar-refractivity contribution in [2.45, 2.75) is 13.8 Å². The molecule has 0 aliphatic carbocycles. The second-order valence-electron chi connectivity index (χ2n) is 2.98. The highest BCUT2D eigenvalue weighted by Crippen LogP contribution is 2.19. The molecule has 80 valence electrons. The molecule has 0 spiro atoms. The molecule has 0 N–H and O–H groups in total. The number of carbonyl (C=O) groups excluding carboxylic acids is 1. The number of methoxy groups -OCH3 is 1. The van der Waals surface area contributed by atoms with Gasteiger partial charge in [0.1, 0.15) is 11.5 Å². The summed E-state index contributed by atoms with van der Waals surface area (Å²) in [6.07, 6.45) is 1.75. The van der Waals surface area contributed by atoms with E-state index in [0.29, 0.717) is 5.76 Å². The summed E-state index contributed by atoms with van der Waals surface area (Å²) in [5, 5.41) is 0. The maximum Gasteiger partial charge on any atom is 0.308 e. The number of allylic oxidation sites excluding steroid dienone is 1. The molecule has 0 aliphatic heterocycles. The Balaban J connectivity index is 2.89. The van der Waals surface area contributed by atoms with Gasteiger partial charge in [-0.05, 0) is 37.3 Å². The molecule has 0 atom stereocenters. The predicted octanol–water partition coefficient (Wildman–Crippen LogP) is 2.62. The molecule has 0 aromatic heterocycles. The fraction of sp³-hybridized carbons (Fsp3) is 0.250. The van der Waals surface area contributed by atoms with E-state index in [1.807, 2.05) is 31.2 Å². The molecule has 0 unspecified atom stereocenters. The first-order valence-electron chi connectivity index (χ1n) is 4.66. The molecule has 1 rings (SSSR count). The summed E-state index contributed by atoms with van der Waals surface area (Å²) < 4.78 is 10.1. The Hall–Kier alpha value is -1.77. The van der Waals surface area contributed by atoms with E-state index in [9.17, 15) is 4.79 Å². The highest BCUT2D eigenvalue weighted by atomic mass is 16.5. The van der Waals surface area contributed by atoms with Gasteiger partial charge < -0.3 is 9.47 Å². The topological polar surface area (TPSA) is 35.5 Å². The van der Waals surface area contributed by atoms with Crippen molar-refractivity contribution in [1.29, 1.82) is 0 Å². The number of hydrogen-bond donors (Lipinski definition) is 0. The summed E-state index contributed by atoms with van der Waals surface area (Å²) in [6, 6.07) is 7.33. The van der Waals surface area contributed by atoms with E-state index in [2.05, 4.69) is 0 Å². The van der Waals surface area contributed by atoms with Crippen LogP contribution in [-0.2, 0) is 9.53 Å². The van der Waals surface area contributed by atoms with Crippen LogP contribution in [0.4, 0.5) is 0 Å². The molecule has 0 heterocycles. The van der Waals surface area contributed by atoms with Crippen molar-refractivity contribution in [2.24, 2.45) is 0 Å². The van der Waals surface area contributed by atoms with Gasteiger partial charge in [0.05, 0.1) is 7.11 Å². The van der Waals surface area contributed by atoms with E-state index < -0.39 is 0 Å². The Labute approximate surface area is 89.3 Å². The van der Waals surface area contributed by atoms with Crippen LogP contribution in [0.15, 0.2) is 30.3 Å². The average Bonchev–Trinajstić information content (AvgIpc) is 2.26. The molecule has 0 saturated carbocycles. The number of hydrogen-bond acceptors (Lipinski definition) is 3. The lowest BCUT2D eigenvalue weighted by atomic mass is 10.2. The maximum atomic E-state index is 10.8. The standard InChI is InChI=1S/C12H14O3/c1-4-12(15-9(2)13)10-5-7-11(14-3)8-6-10/h4-8H,1-3H3/b12-4+. The first-order chi connectivity index (χ1) is 7.17. The Bertz CT molecular complexity index is 363. The van der Waals surface area contributed by atoms with Gasteiger partial charge >= 0.3 is 5.97 Å². The summed E-state index contributed by atoms with van der Waals surface area (Å²) in [6.45, 7) is 3.20. The van der Waals surface area contributed by atoms with Gasteiger partial charge in [-0.1, -0.05) is 0 Å². The highest BCUT2D eigenvalue weighted by molar-refractivity contribution is 5.76. The Morgan fingerprint density at radius 2 is 1.87 bits per heavy atom. The van der Waals surface area contributed by atoms with Crippen LogP contribution >= 0.6 is 0 Å². The number of carbonyl (C=O) groups is 1. The van der Waals surface area contributed by atoms with Gasteiger partial charge in [-0.25, -0.2) is 0 Å². The normalized spacial score (nSPS) is 11.0. The molecule has 3 nitrogen and oxygen atoms in total. The summed E-state index contributed by atoms with van der Waals surface area (Å²) in [4.78, 5) is 10.8. The van der Waals surface area contributed by atoms with Crippen LogP contribution < -0.4 is 4.74 Å². The molecule has 0 fully saturated rings. The highest BCUT2D eigenvalue weighted by Gasteiger charge is 2.04. The zero-order valence-electron chi connectivity index (χ0n) is 9.11. The van der Waals surface area contributed by atoms with Crippen molar-refractivity contribution < 1.29 is 14.3 Å². The largest absolute Gasteiger partial charge is 0.497 e. The van der Waals surface area contributed by atoms with Gasteiger partial charge in [0.2, 0.25) is 0 Å². The first-order valence-corrected chi connectivity index (χ1v) is 4.66. The van der Waals surface area contributed by atoms with E-state index in [0.717, 1.165) is 11.3 Å². The van der Waals surface area contributed by atoms with E-state index in [1.165, 1.54) is 6.92 Å². The fourth-order valence-electron chi connectivity index (χ4n) is 1.19. The lowest BCUT2D eigenvalue weighted by Gasteiger charge is -2.07. The lowest BCUT2D eigenvalue weighted by Crippen LogP contribution is -1.98. The third-order valence-electron chi connectivity index (χ3n) is 1.89. The maximum absolute atomic E-state index is 10.8. The Morgan fingerprint density at radius 1 is 1.27 bits per heavy atom. The minimum Gasteiger partial charge on any atom is -0.497 e. The van der Waals surface area contributed by atoms with Crippen LogP contribution in [-0.4, -0.2) is 13.1 Å². The molecular formula is C12H14O3. The lowest BCUT2D eigenvalue weighted by molar-refractivity contribution is -0.134. The molecule has 1 aromatic carbocycles. The quantitative estimate of drug-likeness (QED) is 0.563. The van der Waals surface area contributed by atoms with Gasteiger partial charge in [0.25, 0.3) is 0 Å². The van der Waals surface area contributed by atoms with Crippen LogP contribution in [0.3, 0.4) is 0 Å². The third kappa shape index (κ3) is 3.13. The number of esters is 1. The SMILES string of the molecule is C/C=C(/OC(C)=O)c1ccc(OC)cc1. The molecule has 0 amide bonds. The predicted molar refractivity (Wildman–Crippen MR) is 58.4 cm³/mol. The van der Waals surface area contributed by atoms with E-state index in [1.54, 1.807) is 13.2 Å². The molecule has 15 heavy (non-hydrogen) atoms. The second kappa shape index (κ2) is 5.20. The molecule has 0 saturated heterocycles. The van der Waals surface area contributed by atoms with Crippen molar-refractivity contribution in [3.8, 4) is 5.75 Å². The summed E-state index contributed by atoms with van der Waals surface area (Å²) in [5.74, 6) is 1.01. The van der Waals surface area contributed by atoms with E-state index in [4.69, 9.17) is 9.47 Å². The minimum atomic E-state index is -0.320. The molecular weight excluding hydrogens is 192 g/mol. The number of benzene rings is 1. The van der Waals surface area contributed by atoms with Gasteiger partial charge in [-0.2, -0.15) is 0 Å².